The maximum absolute atomic E-state index is 5.39. The molecule has 1 fully saturated rings. The van der Waals surface area contributed by atoms with Crippen LogP contribution in [-0.4, -0.2) is 13.2 Å². The molecule has 0 N–H and O–H groups in total. The van der Waals surface area contributed by atoms with Crippen LogP contribution >= 0.6 is 0 Å². The van der Waals surface area contributed by atoms with E-state index >= 15 is 0 Å². The maximum Gasteiger partial charge on any atom is 0.0519 e. The molecule has 1 heteroatoms. The highest BCUT2D eigenvalue weighted by Crippen LogP contribution is 2.30. The van der Waals surface area contributed by atoms with Crippen molar-refractivity contribution in [2.75, 3.05) is 13.2 Å². The van der Waals surface area contributed by atoms with Crippen LogP contribution in [-0.2, 0) is 4.74 Å². The highest BCUT2D eigenvalue weighted by atomic mass is 16.5. The lowest BCUT2D eigenvalue weighted by Crippen LogP contribution is -2.34. The van der Waals surface area contributed by atoms with Crippen molar-refractivity contribution >= 4 is 0 Å². The minimum Gasteiger partial charge on any atom is -0.381 e. The van der Waals surface area contributed by atoms with E-state index in [1.54, 1.807) is 0 Å². The molecule has 1 saturated heterocycles. The number of ether oxygens (including phenoxy) is 1. The molecule has 1 aliphatic rings. The van der Waals surface area contributed by atoms with Crippen molar-refractivity contribution in [2.24, 2.45) is 11.8 Å². The fourth-order valence-electron chi connectivity index (χ4n) is 2.99. The largest absolute Gasteiger partial charge is 0.381 e. The molecular weight excluding hydrogens is 220 g/mol. The molecular formula is C17H34O. The highest BCUT2D eigenvalue weighted by molar-refractivity contribution is 4.75. The number of hydrogen-bond acceptors (Lipinski definition) is 1. The van der Waals surface area contributed by atoms with E-state index in [4.69, 9.17) is 4.74 Å². The summed E-state index contributed by atoms with van der Waals surface area (Å²) < 4.78 is 5.39. The van der Waals surface area contributed by atoms with Crippen LogP contribution in [0.15, 0.2) is 0 Å². The third kappa shape index (κ3) is 6.78. The van der Waals surface area contributed by atoms with Gasteiger partial charge in [-0.15, -0.1) is 0 Å². The van der Waals surface area contributed by atoms with E-state index in [0.717, 1.165) is 25.0 Å². The van der Waals surface area contributed by atoms with E-state index in [1.807, 2.05) is 0 Å². The molecule has 1 heterocycles. The Morgan fingerprint density at radius 2 is 1.28 bits per heavy atom. The fourth-order valence-corrected chi connectivity index (χ4v) is 2.99. The van der Waals surface area contributed by atoms with Crippen molar-refractivity contribution in [3.05, 3.63) is 0 Å². The number of rotatable bonds is 12. The molecule has 0 saturated carbocycles. The van der Waals surface area contributed by atoms with Crippen LogP contribution < -0.4 is 0 Å². The van der Waals surface area contributed by atoms with E-state index in [2.05, 4.69) is 13.8 Å². The van der Waals surface area contributed by atoms with Crippen molar-refractivity contribution in [3.8, 4) is 0 Å². The molecule has 0 aliphatic carbocycles. The smallest absolute Gasteiger partial charge is 0.0519 e. The van der Waals surface area contributed by atoms with E-state index in [1.165, 1.54) is 70.6 Å². The van der Waals surface area contributed by atoms with Gasteiger partial charge in [0.2, 0.25) is 0 Å². The van der Waals surface area contributed by atoms with Gasteiger partial charge in [-0.3, -0.25) is 0 Å². The van der Waals surface area contributed by atoms with Crippen molar-refractivity contribution in [3.63, 3.8) is 0 Å². The molecule has 0 aromatic carbocycles. The summed E-state index contributed by atoms with van der Waals surface area (Å²) in [6, 6.07) is 0. The Morgan fingerprint density at radius 1 is 0.778 bits per heavy atom. The first-order valence-corrected chi connectivity index (χ1v) is 8.46. The SMILES string of the molecule is CCCCCCCC(CCCCCC)C1COC1. The molecule has 1 rings (SSSR count). The Balaban J connectivity index is 2.07. The van der Waals surface area contributed by atoms with Gasteiger partial charge < -0.3 is 4.74 Å². The second-order valence-corrected chi connectivity index (χ2v) is 6.11. The van der Waals surface area contributed by atoms with Crippen LogP contribution in [0.3, 0.4) is 0 Å². The Hall–Kier alpha value is -0.0400. The van der Waals surface area contributed by atoms with Crippen LogP contribution in [0.2, 0.25) is 0 Å². The zero-order chi connectivity index (χ0) is 13.1. The van der Waals surface area contributed by atoms with Gasteiger partial charge in [-0.05, 0) is 5.92 Å². The van der Waals surface area contributed by atoms with Crippen molar-refractivity contribution in [2.45, 2.75) is 84.5 Å². The minimum absolute atomic E-state index is 0.901. The van der Waals surface area contributed by atoms with E-state index in [0.29, 0.717) is 0 Å². The molecule has 1 atom stereocenters. The normalized spacial score (nSPS) is 17.7. The van der Waals surface area contributed by atoms with E-state index < -0.39 is 0 Å². The summed E-state index contributed by atoms with van der Waals surface area (Å²) in [6.45, 7) is 6.69. The first kappa shape index (κ1) is 16.0. The quantitative estimate of drug-likeness (QED) is 0.413. The van der Waals surface area contributed by atoms with Crippen LogP contribution in [0.5, 0.6) is 0 Å². The zero-order valence-electron chi connectivity index (χ0n) is 12.8. The predicted octanol–water partition coefficient (Wildman–Crippen LogP) is 5.58. The van der Waals surface area contributed by atoms with Gasteiger partial charge in [0.05, 0.1) is 13.2 Å². The Labute approximate surface area is 115 Å². The molecule has 0 radical (unpaired) electrons. The van der Waals surface area contributed by atoms with Gasteiger partial charge in [0, 0.05) is 5.92 Å². The molecule has 0 amide bonds. The topological polar surface area (TPSA) is 9.23 Å². The number of hydrogen-bond donors (Lipinski definition) is 0. The molecule has 0 aromatic heterocycles. The monoisotopic (exact) mass is 254 g/mol. The molecule has 1 nitrogen and oxygen atoms in total. The van der Waals surface area contributed by atoms with Gasteiger partial charge in [-0.25, -0.2) is 0 Å². The zero-order valence-corrected chi connectivity index (χ0v) is 12.8. The maximum atomic E-state index is 5.39. The predicted molar refractivity (Wildman–Crippen MR) is 79.9 cm³/mol. The molecule has 0 spiro atoms. The third-order valence-corrected chi connectivity index (χ3v) is 4.44. The van der Waals surface area contributed by atoms with Crippen molar-refractivity contribution in [1.82, 2.24) is 0 Å². The van der Waals surface area contributed by atoms with E-state index in [9.17, 15) is 0 Å². The summed E-state index contributed by atoms with van der Waals surface area (Å²) in [6.07, 6.45) is 15.7. The average Bonchev–Trinajstić information content (AvgIpc) is 2.31. The second kappa shape index (κ2) is 10.8. The summed E-state index contributed by atoms with van der Waals surface area (Å²) in [5, 5.41) is 0. The van der Waals surface area contributed by atoms with Gasteiger partial charge in [-0.1, -0.05) is 84.5 Å². The van der Waals surface area contributed by atoms with Gasteiger partial charge in [-0.2, -0.15) is 0 Å². The van der Waals surface area contributed by atoms with E-state index in [-0.39, 0.29) is 0 Å². The summed E-state index contributed by atoms with van der Waals surface area (Å²) in [5.41, 5.74) is 0. The minimum atomic E-state index is 0.901. The van der Waals surface area contributed by atoms with Crippen LogP contribution in [0.1, 0.15) is 84.5 Å². The fraction of sp³-hybridized carbons (Fsp3) is 1.00. The lowest BCUT2D eigenvalue weighted by molar-refractivity contribution is -0.0647. The third-order valence-electron chi connectivity index (χ3n) is 4.44. The molecule has 0 aromatic rings. The Bertz CT molecular complexity index is 174. The first-order chi connectivity index (χ1) is 8.88. The van der Waals surface area contributed by atoms with Crippen LogP contribution in [0.25, 0.3) is 0 Å². The Kier molecular flexibility index (Phi) is 9.65. The van der Waals surface area contributed by atoms with Gasteiger partial charge in [0.15, 0.2) is 0 Å². The van der Waals surface area contributed by atoms with Crippen LogP contribution in [0, 0.1) is 11.8 Å². The lowest BCUT2D eigenvalue weighted by Gasteiger charge is -2.34. The molecule has 1 aliphatic heterocycles. The highest BCUT2D eigenvalue weighted by Gasteiger charge is 2.27. The summed E-state index contributed by atoms with van der Waals surface area (Å²) in [5.74, 6) is 1.87. The second-order valence-electron chi connectivity index (χ2n) is 6.11. The van der Waals surface area contributed by atoms with Crippen molar-refractivity contribution < 1.29 is 4.74 Å². The van der Waals surface area contributed by atoms with Gasteiger partial charge in [0.1, 0.15) is 0 Å². The first-order valence-electron chi connectivity index (χ1n) is 8.46. The van der Waals surface area contributed by atoms with Gasteiger partial charge >= 0.3 is 0 Å². The summed E-state index contributed by atoms with van der Waals surface area (Å²) in [7, 11) is 0. The molecule has 1 unspecified atom stereocenters. The lowest BCUT2D eigenvalue weighted by atomic mass is 9.82. The Morgan fingerprint density at radius 3 is 1.72 bits per heavy atom. The van der Waals surface area contributed by atoms with Gasteiger partial charge in [0.25, 0.3) is 0 Å². The van der Waals surface area contributed by atoms with Crippen LogP contribution in [0.4, 0.5) is 0 Å². The molecule has 108 valence electrons. The average molecular weight is 254 g/mol. The molecule has 18 heavy (non-hydrogen) atoms. The standard InChI is InChI=1S/C17H34O/c1-3-5-7-9-11-13-16(17-14-18-15-17)12-10-8-6-4-2/h16-17H,3-15H2,1-2H3. The summed E-state index contributed by atoms with van der Waals surface area (Å²) >= 11 is 0. The molecule has 0 bridgehead atoms. The van der Waals surface area contributed by atoms with Crippen molar-refractivity contribution in [1.29, 1.82) is 0 Å². The summed E-state index contributed by atoms with van der Waals surface area (Å²) in [4.78, 5) is 0. The number of unbranched alkanes of at least 4 members (excludes halogenated alkanes) is 7.